The molecule has 1 heterocycles. The number of allylic oxidation sites excluding steroid dienone is 4. The Kier molecular flexibility index (Phi) is 8.06. The zero-order valence-corrected chi connectivity index (χ0v) is 29.5. The number of hydrogen-bond donors (Lipinski definition) is 1. The molecular formula is C42H34BrNO7. The number of Topliss-reactive ketones (excluding diaryl/α,β-unsaturated/α-hetero) is 1. The van der Waals surface area contributed by atoms with Gasteiger partial charge in [0.1, 0.15) is 0 Å². The van der Waals surface area contributed by atoms with Gasteiger partial charge in [-0.15, -0.1) is 0 Å². The predicted molar refractivity (Wildman–Crippen MR) is 194 cm³/mol. The van der Waals surface area contributed by atoms with Crippen LogP contribution in [0.4, 0.5) is 5.69 Å². The van der Waals surface area contributed by atoms with E-state index in [-0.39, 0.29) is 47.1 Å². The van der Waals surface area contributed by atoms with Gasteiger partial charge in [0, 0.05) is 21.9 Å². The first kappa shape index (κ1) is 32.9. The average Bonchev–Trinajstić information content (AvgIpc) is 3.42. The lowest BCUT2D eigenvalue weighted by molar-refractivity contribution is -0.135. The molecule has 1 N–H and O–H groups in total. The highest BCUT2D eigenvalue weighted by atomic mass is 79.9. The van der Waals surface area contributed by atoms with Crippen molar-refractivity contribution >= 4 is 50.6 Å². The summed E-state index contributed by atoms with van der Waals surface area (Å²) in [6.45, 7) is 0. The van der Waals surface area contributed by atoms with Crippen LogP contribution < -0.4 is 14.4 Å². The first-order valence-electron chi connectivity index (χ1n) is 16.9. The fraction of sp³-hybridized carbons (Fsp3) is 0.238. The molecule has 0 aromatic heterocycles. The van der Waals surface area contributed by atoms with Gasteiger partial charge in [0.15, 0.2) is 23.1 Å². The van der Waals surface area contributed by atoms with E-state index >= 15 is 9.59 Å². The van der Waals surface area contributed by atoms with Gasteiger partial charge < -0.3 is 14.6 Å². The van der Waals surface area contributed by atoms with Crippen LogP contribution >= 0.6 is 15.9 Å². The summed E-state index contributed by atoms with van der Waals surface area (Å²) in [7, 11) is 2.87. The summed E-state index contributed by atoms with van der Waals surface area (Å²) in [6.07, 6.45) is 3.97. The lowest BCUT2D eigenvalue weighted by Crippen LogP contribution is -2.58. The highest BCUT2D eigenvalue weighted by Crippen LogP contribution is 2.64. The first-order valence-corrected chi connectivity index (χ1v) is 17.7. The quantitative estimate of drug-likeness (QED) is 0.164. The normalized spacial score (nSPS) is 26.9. The molecule has 0 unspecified atom stereocenters. The summed E-state index contributed by atoms with van der Waals surface area (Å²) >= 11 is 3.44. The van der Waals surface area contributed by atoms with Gasteiger partial charge in [0.05, 0.1) is 37.2 Å². The maximum absolute atomic E-state index is 15.2. The van der Waals surface area contributed by atoms with Gasteiger partial charge in [-0.2, -0.15) is 0 Å². The number of hydrogen-bond acceptors (Lipinski definition) is 7. The lowest BCUT2D eigenvalue weighted by Gasteiger charge is -2.55. The van der Waals surface area contributed by atoms with E-state index in [1.807, 2.05) is 66.7 Å². The molecule has 0 radical (unpaired) electrons. The van der Waals surface area contributed by atoms with E-state index in [4.69, 9.17) is 9.47 Å². The van der Waals surface area contributed by atoms with E-state index in [2.05, 4.69) is 15.9 Å². The standard InChI is InChI=1S/C42H34BrNO7/c1-50-33-19-24(20-34(51-2)39(33)47)37-28-17-18-29-36(41(49)44(40(29)48)27-15-13-26(43)14-16-27)31(28)21-32-38(46)30(23-9-5-3-6-10-23)22-35(45)42(32,37)25-11-7-4-8-12-25/h3-17,19-20,22,29,31-32,36-37,47H,18,21H2,1-2H3/t29-,31+,32-,36-,37-,42-/m0/s1. The number of aromatic hydroxyl groups is 1. The molecule has 1 saturated heterocycles. The molecule has 4 aromatic rings. The third-order valence-corrected chi connectivity index (χ3v) is 11.8. The molecule has 6 atom stereocenters. The number of rotatable bonds is 6. The Morgan fingerprint density at radius 2 is 1.43 bits per heavy atom. The van der Waals surface area contributed by atoms with Crippen LogP contribution in [0.2, 0.25) is 0 Å². The monoisotopic (exact) mass is 743 g/mol. The van der Waals surface area contributed by atoms with Crippen molar-refractivity contribution in [3.63, 3.8) is 0 Å². The smallest absolute Gasteiger partial charge is 0.238 e. The van der Waals surface area contributed by atoms with Crippen LogP contribution in [0.1, 0.15) is 35.4 Å². The second-order valence-electron chi connectivity index (χ2n) is 13.5. The van der Waals surface area contributed by atoms with E-state index in [0.717, 1.165) is 10.0 Å². The molecule has 2 amide bonds. The molecule has 9 heteroatoms. The summed E-state index contributed by atoms with van der Waals surface area (Å²) in [6, 6.07) is 28.9. The van der Waals surface area contributed by atoms with Crippen LogP contribution in [-0.2, 0) is 24.6 Å². The molecule has 51 heavy (non-hydrogen) atoms. The number of fused-ring (bicyclic) bond motifs is 4. The number of halogens is 1. The summed E-state index contributed by atoms with van der Waals surface area (Å²) in [5, 5.41) is 11.0. The van der Waals surface area contributed by atoms with Crippen LogP contribution in [-0.4, -0.2) is 42.7 Å². The number of carbonyl (C=O) groups excluding carboxylic acids is 4. The minimum atomic E-state index is -1.42. The highest BCUT2D eigenvalue weighted by molar-refractivity contribution is 9.10. The van der Waals surface area contributed by atoms with Crippen molar-refractivity contribution in [2.75, 3.05) is 19.1 Å². The Hall–Kier alpha value is -5.28. The third-order valence-electron chi connectivity index (χ3n) is 11.3. The van der Waals surface area contributed by atoms with Gasteiger partial charge in [-0.3, -0.25) is 24.1 Å². The van der Waals surface area contributed by atoms with E-state index in [9.17, 15) is 14.7 Å². The Morgan fingerprint density at radius 3 is 2.06 bits per heavy atom. The average molecular weight is 745 g/mol. The largest absolute Gasteiger partial charge is 0.502 e. The van der Waals surface area contributed by atoms with Crippen molar-refractivity contribution in [3.8, 4) is 17.2 Å². The fourth-order valence-corrected chi connectivity index (χ4v) is 9.44. The minimum Gasteiger partial charge on any atom is -0.502 e. The molecule has 8 rings (SSSR count). The number of benzene rings is 4. The molecule has 4 aromatic carbocycles. The molecule has 256 valence electrons. The van der Waals surface area contributed by atoms with E-state index in [0.29, 0.717) is 34.4 Å². The van der Waals surface area contributed by atoms with Crippen molar-refractivity contribution in [2.24, 2.45) is 23.7 Å². The van der Waals surface area contributed by atoms with Gasteiger partial charge >= 0.3 is 0 Å². The molecule has 0 spiro atoms. The van der Waals surface area contributed by atoms with E-state index in [1.165, 1.54) is 25.2 Å². The summed E-state index contributed by atoms with van der Waals surface area (Å²) in [5.41, 5.74) is 2.09. The number of methoxy groups -OCH3 is 2. The minimum absolute atomic E-state index is 0.143. The van der Waals surface area contributed by atoms with Crippen LogP contribution in [0.15, 0.2) is 119 Å². The fourth-order valence-electron chi connectivity index (χ4n) is 9.17. The lowest BCUT2D eigenvalue weighted by atomic mass is 9.44. The van der Waals surface area contributed by atoms with E-state index in [1.54, 1.807) is 36.4 Å². The molecule has 4 aliphatic rings. The number of anilines is 1. The number of amides is 2. The Bertz CT molecular complexity index is 2140. The van der Waals surface area contributed by atoms with Gasteiger partial charge in [-0.05, 0) is 77.9 Å². The Labute approximate surface area is 303 Å². The summed E-state index contributed by atoms with van der Waals surface area (Å²) in [4.78, 5) is 60.2. The molecule has 8 nitrogen and oxygen atoms in total. The predicted octanol–water partition coefficient (Wildman–Crippen LogP) is 7.20. The molecule has 0 bridgehead atoms. The topological polar surface area (TPSA) is 110 Å². The molecule has 3 aliphatic carbocycles. The maximum atomic E-state index is 15.2. The molecule has 1 saturated carbocycles. The van der Waals surface area contributed by atoms with Crippen molar-refractivity contribution in [2.45, 2.75) is 24.2 Å². The van der Waals surface area contributed by atoms with Gasteiger partial charge in [0.2, 0.25) is 17.6 Å². The highest BCUT2D eigenvalue weighted by Gasteiger charge is 2.66. The van der Waals surface area contributed by atoms with Crippen molar-refractivity contribution in [1.82, 2.24) is 0 Å². The number of phenols is 1. The SMILES string of the molecule is COc1cc([C@H]2C3=CC[C@@H]4C(=O)N(c5ccc(Br)cc5)C(=O)[C@@H]4[C@@H]3C[C@H]3C(=O)C(c4ccccc4)=CC(=O)[C@@]23c2ccccc2)cc(OC)c1O. The van der Waals surface area contributed by atoms with Crippen molar-refractivity contribution in [3.05, 3.63) is 136 Å². The van der Waals surface area contributed by atoms with Crippen LogP contribution in [0.5, 0.6) is 17.2 Å². The Balaban J connectivity index is 1.39. The number of imide groups is 1. The van der Waals surface area contributed by atoms with Crippen LogP contribution in [0.3, 0.4) is 0 Å². The van der Waals surface area contributed by atoms with Gasteiger partial charge in [0.25, 0.3) is 0 Å². The third kappa shape index (κ3) is 4.85. The molecule has 2 fully saturated rings. The van der Waals surface area contributed by atoms with Gasteiger partial charge in [-0.1, -0.05) is 88.2 Å². The second kappa shape index (κ2) is 12.5. The van der Waals surface area contributed by atoms with Crippen molar-refractivity contribution in [1.29, 1.82) is 0 Å². The first-order chi connectivity index (χ1) is 24.7. The Morgan fingerprint density at radius 1 is 0.804 bits per heavy atom. The van der Waals surface area contributed by atoms with Crippen LogP contribution in [0, 0.1) is 23.7 Å². The number of carbonyl (C=O) groups is 4. The number of phenolic OH excluding ortho intramolecular Hbond substituents is 1. The number of nitrogens with zero attached hydrogens (tertiary/aromatic N) is 1. The molecule has 1 aliphatic heterocycles. The number of ketones is 2. The molecular weight excluding hydrogens is 710 g/mol. The second-order valence-corrected chi connectivity index (χ2v) is 14.5. The number of ether oxygens (including phenoxy) is 2. The zero-order chi connectivity index (χ0) is 35.6. The summed E-state index contributed by atoms with van der Waals surface area (Å²) < 4.78 is 12.0. The zero-order valence-electron chi connectivity index (χ0n) is 27.9. The van der Waals surface area contributed by atoms with Gasteiger partial charge in [-0.25, -0.2) is 0 Å². The maximum Gasteiger partial charge on any atom is 0.238 e. The van der Waals surface area contributed by atoms with Crippen molar-refractivity contribution < 1.29 is 33.8 Å². The summed E-state index contributed by atoms with van der Waals surface area (Å²) in [5.74, 6) is -4.51. The van der Waals surface area contributed by atoms with E-state index < -0.39 is 35.0 Å². The van der Waals surface area contributed by atoms with Crippen LogP contribution in [0.25, 0.3) is 5.57 Å².